The van der Waals surface area contributed by atoms with Crippen molar-refractivity contribution in [3.05, 3.63) is 59.4 Å². The molecule has 0 heterocycles. The predicted octanol–water partition coefficient (Wildman–Crippen LogP) is 2.47. The molecule has 1 unspecified atom stereocenters. The van der Waals surface area contributed by atoms with Crippen LogP contribution in [0.1, 0.15) is 22.8 Å². The minimum Gasteiger partial charge on any atom is -0.478 e. The number of benzene rings is 2. The van der Waals surface area contributed by atoms with E-state index in [4.69, 9.17) is 9.84 Å². The molecule has 0 aliphatic carbocycles. The van der Waals surface area contributed by atoms with Gasteiger partial charge in [-0.2, -0.15) is 0 Å². The number of aromatic carboxylic acids is 1. The molecule has 1 amide bonds. The van der Waals surface area contributed by atoms with E-state index in [1.165, 1.54) is 37.3 Å². The molecule has 2 aromatic carbocycles. The van der Waals surface area contributed by atoms with Crippen LogP contribution in [-0.2, 0) is 26.0 Å². The van der Waals surface area contributed by atoms with Gasteiger partial charge in [-0.15, -0.1) is 0 Å². The molecule has 2 rings (SSSR count). The zero-order valence-corrected chi connectivity index (χ0v) is 15.4. The molecule has 9 heteroatoms. The summed E-state index contributed by atoms with van der Waals surface area (Å²) in [6.07, 6.45) is 0.0267. The predicted molar refractivity (Wildman–Crippen MR) is 95.8 cm³/mol. The number of anilines is 1. The molecule has 2 N–H and O–H groups in total. The number of hydrogen-bond acceptors (Lipinski definition) is 5. The van der Waals surface area contributed by atoms with E-state index in [0.29, 0.717) is 5.56 Å². The number of rotatable bonds is 7. The highest BCUT2D eigenvalue weighted by molar-refractivity contribution is 7.90. The molecule has 0 aliphatic heterocycles. The van der Waals surface area contributed by atoms with Crippen molar-refractivity contribution in [2.45, 2.75) is 24.5 Å². The minimum atomic E-state index is -3.66. The number of halogens is 1. The van der Waals surface area contributed by atoms with Crippen LogP contribution in [-0.4, -0.2) is 37.8 Å². The number of carboxylic acids is 1. The smallest absolute Gasteiger partial charge is 0.335 e. The summed E-state index contributed by atoms with van der Waals surface area (Å²) in [5, 5.41) is 11.6. The lowest BCUT2D eigenvalue weighted by Gasteiger charge is -2.14. The van der Waals surface area contributed by atoms with E-state index in [2.05, 4.69) is 5.32 Å². The van der Waals surface area contributed by atoms with Crippen LogP contribution in [0.25, 0.3) is 0 Å². The summed E-state index contributed by atoms with van der Waals surface area (Å²) in [6.45, 7) is 1.55. The maximum atomic E-state index is 12.9. The van der Waals surface area contributed by atoms with E-state index in [1.807, 2.05) is 0 Å². The Balaban J connectivity index is 2.10. The van der Waals surface area contributed by atoms with Crippen molar-refractivity contribution in [1.29, 1.82) is 0 Å². The average molecular weight is 395 g/mol. The van der Waals surface area contributed by atoms with Crippen molar-refractivity contribution in [3.63, 3.8) is 0 Å². The third-order valence-electron chi connectivity index (χ3n) is 3.63. The van der Waals surface area contributed by atoms with Gasteiger partial charge in [-0.05, 0) is 42.8 Å². The molecule has 0 saturated heterocycles. The summed E-state index contributed by atoms with van der Waals surface area (Å²) in [6, 6.07) is 8.93. The topological polar surface area (TPSA) is 110 Å². The van der Waals surface area contributed by atoms with E-state index in [-0.39, 0.29) is 28.6 Å². The van der Waals surface area contributed by atoms with Crippen LogP contribution >= 0.6 is 0 Å². The number of hydrogen-bond donors (Lipinski definition) is 2. The van der Waals surface area contributed by atoms with E-state index < -0.39 is 27.8 Å². The highest BCUT2D eigenvalue weighted by atomic mass is 32.2. The monoisotopic (exact) mass is 395 g/mol. The molecular formula is C18H18FNO6S. The lowest BCUT2D eigenvalue weighted by Crippen LogP contribution is -2.27. The minimum absolute atomic E-state index is 0.0255. The molecular weight excluding hydrogens is 377 g/mol. The van der Waals surface area contributed by atoms with Crippen LogP contribution in [0, 0.1) is 5.82 Å². The Morgan fingerprint density at radius 1 is 1.19 bits per heavy atom. The molecule has 0 aliphatic rings. The van der Waals surface area contributed by atoms with Crippen LogP contribution in [0.3, 0.4) is 0 Å². The van der Waals surface area contributed by atoms with Gasteiger partial charge < -0.3 is 15.2 Å². The van der Waals surface area contributed by atoms with Gasteiger partial charge in [0.15, 0.2) is 9.84 Å². The zero-order valence-electron chi connectivity index (χ0n) is 14.6. The van der Waals surface area contributed by atoms with Crippen molar-refractivity contribution >= 4 is 27.4 Å². The normalized spacial score (nSPS) is 12.4. The summed E-state index contributed by atoms with van der Waals surface area (Å²) in [5.41, 5.74) is 0.425. The second-order valence-electron chi connectivity index (χ2n) is 5.89. The molecule has 0 radical (unpaired) electrons. The molecule has 7 nitrogen and oxygen atoms in total. The highest BCUT2D eigenvalue weighted by Gasteiger charge is 2.18. The van der Waals surface area contributed by atoms with Gasteiger partial charge in [-0.1, -0.05) is 12.1 Å². The first kappa shape index (κ1) is 20.5. The molecule has 144 valence electrons. The van der Waals surface area contributed by atoms with Crippen LogP contribution in [0.4, 0.5) is 10.1 Å². The largest absolute Gasteiger partial charge is 0.478 e. The maximum absolute atomic E-state index is 12.9. The first-order valence-corrected chi connectivity index (χ1v) is 9.71. The Morgan fingerprint density at radius 3 is 2.37 bits per heavy atom. The van der Waals surface area contributed by atoms with Crippen LogP contribution < -0.4 is 5.32 Å². The van der Waals surface area contributed by atoms with Crippen molar-refractivity contribution in [3.8, 4) is 0 Å². The van der Waals surface area contributed by atoms with Crippen LogP contribution in [0.5, 0.6) is 0 Å². The van der Waals surface area contributed by atoms with Crippen molar-refractivity contribution in [2.75, 3.05) is 11.6 Å². The van der Waals surface area contributed by atoms with E-state index >= 15 is 0 Å². The van der Waals surface area contributed by atoms with Gasteiger partial charge in [0, 0.05) is 11.9 Å². The average Bonchev–Trinajstić information content (AvgIpc) is 2.59. The summed E-state index contributed by atoms with van der Waals surface area (Å²) in [7, 11) is -3.66. The molecule has 0 bridgehead atoms. The molecule has 0 saturated carbocycles. The molecule has 27 heavy (non-hydrogen) atoms. The summed E-state index contributed by atoms with van der Waals surface area (Å²) >= 11 is 0. The molecule has 0 fully saturated rings. The SMILES string of the molecule is CC(OCc1ccc(F)cc1)C(=O)Nc1cc(C(=O)O)cc(S(C)(=O)=O)c1. The number of sulfone groups is 1. The number of carboxylic acid groups (broad SMARTS) is 1. The van der Waals surface area contributed by atoms with Crippen molar-refractivity contribution in [2.24, 2.45) is 0 Å². The fourth-order valence-corrected chi connectivity index (χ4v) is 2.81. The molecule has 0 spiro atoms. The summed E-state index contributed by atoms with van der Waals surface area (Å²) < 4.78 is 41.7. The Labute approximate surface area is 155 Å². The van der Waals surface area contributed by atoms with Crippen LogP contribution in [0.2, 0.25) is 0 Å². The van der Waals surface area contributed by atoms with Gasteiger partial charge in [0.25, 0.3) is 5.91 Å². The fraction of sp³-hybridized carbons (Fsp3) is 0.222. The van der Waals surface area contributed by atoms with Gasteiger partial charge >= 0.3 is 5.97 Å². The Bertz CT molecular complexity index is 956. The zero-order chi connectivity index (χ0) is 20.2. The summed E-state index contributed by atoms with van der Waals surface area (Å²) in [5.74, 6) is -2.29. The lowest BCUT2D eigenvalue weighted by atomic mass is 10.2. The van der Waals surface area contributed by atoms with Crippen molar-refractivity contribution < 1.29 is 32.2 Å². The first-order valence-electron chi connectivity index (χ1n) is 7.81. The number of amides is 1. The highest BCUT2D eigenvalue weighted by Crippen LogP contribution is 2.20. The Morgan fingerprint density at radius 2 is 1.81 bits per heavy atom. The molecule has 2 aromatic rings. The standard InChI is InChI=1S/C18H18FNO6S/c1-11(26-10-12-3-5-14(19)6-4-12)17(21)20-15-7-13(18(22)23)8-16(9-15)27(2,24)25/h3-9,11H,10H2,1-2H3,(H,20,21)(H,22,23). The number of ether oxygens (including phenoxy) is 1. The fourth-order valence-electron chi connectivity index (χ4n) is 2.13. The second kappa shape index (κ2) is 8.28. The second-order valence-corrected chi connectivity index (χ2v) is 7.91. The van der Waals surface area contributed by atoms with Gasteiger partial charge in [0.05, 0.1) is 17.1 Å². The maximum Gasteiger partial charge on any atom is 0.335 e. The first-order chi connectivity index (χ1) is 12.6. The van der Waals surface area contributed by atoms with E-state index in [0.717, 1.165) is 18.4 Å². The number of carbonyl (C=O) groups is 2. The van der Waals surface area contributed by atoms with E-state index in [9.17, 15) is 22.4 Å². The molecule has 1 atom stereocenters. The number of carbonyl (C=O) groups excluding carboxylic acids is 1. The molecule has 0 aromatic heterocycles. The van der Waals surface area contributed by atoms with Gasteiger partial charge in [-0.25, -0.2) is 17.6 Å². The quantitative estimate of drug-likeness (QED) is 0.745. The third-order valence-corrected chi connectivity index (χ3v) is 4.72. The summed E-state index contributed by atoms with van der Waals surface area (Å²) in [4.78, 5) is 23.2. The van der Waals surface area contributed by atoms with Crippen LogP contribution in [0.15, 0.2) is 47.4 Å². The van der Waals surface area contributed by atoms with Gasteiger partial charge in [0.2, 0.25) is 0 Å². The number of nitrogens with one attached hydrogen (secondary N) is 1. The van der Waals surface area contributed by atoms with E-state index in [1.54, 1.807) is 0 Å². The Kier molecular flexibility index (Phi) is 6.29. The third kappa shape index (κ3) is 5.87. The lowest BCUT2D eigenvalue weighted by molar-refractivity contribution is -0.127. The van der Waals surface area contributed by atoms with Crippen molar-refractivity contribution in [1.82, 2.24) is 0 Å². The van der Waals surface area contributed by atoms with Gasteiger partial charge in [0.1, 0.15) is 11.9 Å². The van der Waals surface area contributed by atoms with Gasteiger partial charge in [-0.3, -0.25) is 4.79 Å². The Hall–Kier alpha value is -2.78.